The van der Waals surface area contributed by atoms with Gasteiger partial charge in [-0.05, 0) is 68.5 Å². The summed E-state index contributed by atoms with van der Waals surface area (Å²) in [6.07, 6.45) is 5.62. The predicted octanol–water partition coefficient (Wildman–Crippen LogP) is 3.79. The molecule has 0 bridgehead atoms. The van der Waals surface area contributed by atoms with E-state index in [2.05, 4.69) is 17.1 Å². The van der Waals surface area contributed by atoms with E-state index in [0.29, 0.717) is 29.2 Å². The Bertz CT molecular complexity index is 1230. The molecular weight excluding hydrogens is 496 g/mol. The Morgan fingerprint density at radius 1 is 0.944 bits per heavy atom. The Kier molecular flexibility index (Phi) is 7.48. The average molecular weight is 531 g/mol. The third-order valence-corrected chi connectivity index (χ3v) is 10.5. The molecule has 2 saturated heterocycles. The van der Waals surface area contributed by atoms with Crippen molar-refractivity contribution in [3.05, 3.63) is 45.8 Å². The molecule has 3 aliphatic rings. The van der Waals surface area contributed by atoms with Gasteiger partial charge in [0.1, 0.15) is 5.00 Å². The number of hydrogen-bond acceptors (Lipinski definition) is 6. The minimum Gasteiger partial charge on any atom is -0.339 e. The lowest BCUT2D eigenvalue weighted by Crippen LogP contribution is -2.35. The molecule has 0 atom stereocenters. The van der Waals surface area contributed by atoms with Crippen molar-refractivity contribution in [1.29, 1.82) is 0 Å². The molecule has 36 heavy (non-hydrogen) atoms. The molecule has 2 fully saturated rings. The van der Waals surface area contributed by atoms with Crippen LogP contribution in [0, 0.1) is 0 Å². The largest absolute Gasteiger partial charge is 0.339 e. The van der Waals surface area contributed by atoms with E-state index in [4.69, 9.17) is 0 Å². The van der Waals surface area contributed by atoms with E-state index in [0.717, 1.165) is 81.7 Å². The highest BCUT2D eigenvalue weighted by Gasteiger charge is 2.32. The number of likely N-dealkylation sites (tertiary alicyclic amines) is 1. The minimum atomic E-state index is -3.55. The minimum absolute atomic E-state index is 0.00761. The summed E-state index contributed by atoms with van der Waals surface area (Å²) in [5, 5.41) is 3.60. The topological polar surface area (TPSA) is 90.0 Å². The number of likely N-dealkylation sites (N-methyl/N-ethyl adjacent to an activating group) is 1. The van der Waals surface area contributed by atoms with E-state index in [9.17, 15) is 18.0 Å². The van der Waals surface area contributed by atoms with Gasteiger partial charge in [-0.3, -0.25) is 14.5 Å². The van der Waals surface area contributed by atoms with E-state index >= 15 is 0 Å². The molecule has 0 radical (unpaired) electrons. The number of carbonyl (C=O) groups excluding carboxylic acids is 2. The Morgan fingerprint density at radius 2 is 1.61 bits per heavy atom. The van der Waals surface area contributed by atoms with Crippen molar-refractivity contribution < 1.29 is 18.0 Å². The fraction of sp³-hybridized carbons (Fsp3) is 0.538. The Morgan fingerprint density at radius 3 is 2.28 bits per heavy atom. The van der Waals surface area contributed by atoms with Gasteiger partial charge < -0.3 is 10.2 Å². The number of anilines is 1. The van der Waals surface area contributed by atoms with Crippen LogP contribution in [0.25, 0.3) is 0 Å². The molecule has 3 aliphatic heterocycles. The highest BCUT2D eigenvalue weighted by molar-refractivity contribution is 7.89. The monoisotopic (exact) mass is 530 g/mol. The van der Waals surface area contributed by atoms with Crippen molar-refractivity contribution >= 4 is 38.2 Å². The molecule has 0 spiro atoms. The molecule has 8 nitrogen and oxygen atoms in total. The van der Waals surface area contributed by atoms with E-state index < -0.39 is 10.0 Å². The van der Waals surface area contributed by atoms with Gasteiger partial charge in [-0.25, -0.2) is 8.42 Å². The highest BCUT2D eigenvalue weighted by Crippen LogP contribution is 2.38. The fourth-order valence-electron chi connectivity index (χ4n) is 5.33. The molecule has 0 unspecified atom stereocenters. The standard InChI is InChI=1S/C26H34N4O4S2/c1-2-28-17-12-21-22(18-28)35-25(23(21)26(32)29-13-6-7-14-29)27-24(31)19-8-10-20(11-9-19)36(33,34)30-15-4-3-5-16-30/h8-11H,2-7,12-18H2,1H3,(H,27,31). The van der Waals surface area contributed by atoms with Crippen molar-refractivity contribution in [2.45, 2.75) is 56.9 Å². The van der Waals surface area contributed by atoms with Crippen molar-refractivity contribution in [1.82, 2.24) is 14.1 Å². The van der Waals surface area contributed by atoms with Crippen LogP contribution < -0.4 is 5.32 Å². The maximum absolute atomic E-state index is 13.5. The molecular formula is C26H34N4O4S2. The number of nitrogens with zero attached hydrogens (tertiary/aromatic N) is 3. The lowest BCUT2D eigenvalue weighted by molar-refractivity contribution is 0.0792. The summed E-state index contributed by atoms with van der Waals surface area (Å²) in [6.45, 7) is 7.36. The maximum Gasteiger partial charge on any atom is 0.257 e. The number of thiophene rings is 1. The van der Waals surface area contributed by atoms with E-state index in [1.54, 1.807) is 12.1 Å². The molecule has 2 amide bonds. The molecule has 1 N–H and O–H groups in total. The summed E-state index contributed by atoms with van der Waals surface area (Å²) in [6, 6.07) is 6.13. The summed E-state index contributed by atoms with van der Waals surface area (Å²) in [4.78, 5) is 32.3. The quantitative estimate of drug-likeness (QED) is 0.614. The third kappa shape index (κ3) is 4.96. The van der Waals surface area contributed by atoms with Crippen LogP contribution in [0.2, 0.25) is 0 Å². The zero-order valence-corrected chi connectivity index (χ0v) is 22.4. The van der Waals surface area contributed by atoms with Crippen molar-refractivity contribution in [2.75, 3.05) is 44.6 Å². The molecule has 194 valence electrons. The first kappa shape index (κ1) is 25.4. The molecule has 1 aromatic carbocycles. The molecule has 0 saturated carbocycles. The summed E-state index contributed by atoms with van der Waals surface area (Å²) in [5.41, 5.74) is 2.08. The van der Waals surface area contributed by atoms with Crippen LogP contribution in [0.1, 0.15) is 70.2 Å². The first-order valence-electron chi connectivity index (χ1n) is 13.0. The number of sulfonamides is 1. The second-order valence-electron chi connectivity index (χ2n) is 9.77. The van der Waals surface area contributed by atoms with Gasteiger partial charge in [0, 0.05) is 49.7 Å². The molecule has 4 heterocycles. The Labute approximate surface area is 217 Å². The normalized spacial score (nSPS) is 19.3. The van der Waals surface area contributed by atoms with Gasteiger partial charge in [0.05, 0.1) is 10.5 Å². The molecule has 5 rings (SSSR count). The smallest absolute Gasteiger partial charge is 0.257 e. The number of benzene rings is 1. The molecule has 2 aromatic rings. The number of carbonyl (C=O) groups is 2. The van der Waals surface area contributed by atoms with Crippen LogP contribution in [0.3, 0.4) is 0 Å². The van der Waals surface area contributed by atoms with E-state index in [1.165, 1.54) is 27.8 Å². The van der Waals surface area contributed by atoms with Crippen LogP contribution in [0.5, 0.6) is 0 Å². The summed E-state index contributed by atoms with van der Waals surface area (Å²) in [5.74, 6) is -0.327. The Hall–Kier alpha value is -2.27. The van der Waals surface area contributed by atoms with E-state index in [-0.39, 0.29) is 16.7 Å². The number of nitrogens with one attached hydrogen (secondary N) is 1. The zero-order chi connectivity index (χ0) is 25.3. The highest BCUT2D eigenvalue weighted by atomic mass is 32.2. The number of amides is 2. The van der Waals surface area contributed by atoms with Crippen molar-refractivity contribution in [3.63, 3.8) is 0 Å². The number of piperidine rings is 1. The van der Waals surface area contributed by atoms with Crippen molar-refractivity contribution in [3.8, 4) is 0 Å². The van der Waals surface area contributed by atoms with Gasteiger partial charge in [-0.2, -0.15) is 4.31 Å². The average Bonchev–Trinajstić information content (AvgIpc) is 3.56. The van der Waals surface area contributed by atoms with Crippen LogP contribution in [-0.4, -0.2) is 73.6 Å². The first-order valence-corrected chi connectivity index (χ1v) is 15.2. The lowest BCUT2D eigenvalue weighted by atomic mass is 10.0. The maximum atomic E-state index is 13.5. The summed E-state index contributed by atoms with van der Waals surface area (Å²) in [7, 11) is -3.55. The van der Waals surface area contributed by atoms with Crippen LogP contribution in [0.15, 0.2) is 29.2 Å². The second-order valence-corrected chi connectivity index (χ2v) is 12.8. The Balaban J connectivity index is 1.38. The van der Waals surface area contributed by atoms with Gasteiger partial charge in [0.25, 0.3) is 11.8 Å². The van der Waals surface area contributed by atoms with Gasteiger partial charge in [-0.1, -0.05) is 13.3 Å². The zero-order valence-electron chi connectivity index (χ0n) is 20.8. The van der Waals surface area contributed by atoms with Gasteiger partial charge in [0.15, 0.2) is 0 Å². The number of hydrogen-bond donors (Lipinski definition) is 1. The second kappa shape index (κ2) is 10.6. The van der Waals surface area contributed by atoms with Crippen LogP contribution >= 0.6 is 11.3 Å². The van der Waals surface area contributed by atoms with E-state index in [1.807, 2.05) is 4.90 Å². The molecule has 0 aliphatic carbocycles. The first-order chi connectivity index (χ1) is 17.4. The van der Waals surface area contributed by atoms with Crippen LogP contribution in [-0.2, 0) is 23.0 Å². The third-order valence-electron chi connectivity index (χ3n) is 7.49. The van der Waals surface area contributed by atoms with Gasteiger partial charge in [0.2, 0.25) is 10.0 Å². The lowest BCUT2D eigenvalue weighted by Gasteiger charge is -2.26. The number of rotatable bonds is 6. The molecule has 10 heteroatoms. The SMILES string of the molecule is CCN1CCc2c(sc(NC(=O)c3ccc(S(=O)(=O)N4CCCCC4)cc3)c2C(=O)N2CCCC2)C1. The van der Waals surface area contributed by atoms with Crippen LogP contribution in [0.4, 0.5) is 5.00 Å². The van der Waals surface area contributed by atoms with Gasteiger partial charge in [-0.15, -0.1) is 11.3 Å². The summed E-state index contributed by atoms with van der Waals surface area (Å²) < 4.78 is 27.4. The van der Waals surface area contributed by atoms with Gasteiger partial charge >= 0.3 is 0 Å². The predicted molar refractivity (Wildman–Crippen MR) is 141 cm³/mol. The number of fused-ring (bicyclic) bond motifs is 1. The van der Waals surface area contributed by atoms with Crippen molar-refractivity contribution in [2.24, 2.45) is 0 Å². The molecule has 1 aromatic heterocycles. The fourth-order valence-corrected chi connectivity index (χ4v) is 8.12. The summed E-state index contributed by atoms with van der Waals surface area (Å²) >= 11 is 1.49.